The number of rotatable bonds is 11. The van der Waals surface area contributed by atoms with Crippen molar-refractivity contribution in [2.24, 2.45) is 10.6 Å². The highest BCUT2D eigenvalue weighted by Crippen LogP contribution is 2.49. The molecule has 7 N–H and O–H groups in total. The predicted octanol–water partition coefficient (Wildman–Crippen LogP) is 1.14. The molecular formula is C34H38N7O11S2+. The molecule has 6 aliphatic heterocycles. The number of quaternary nitrogens is 1. The number of anilines is 1. The van der Waals surface area contributed by atoms with Gasteiger partial charge in [-0.05, 0) is 32.9 Å². The number of imide groups is 1. The normalized spacial score (nSPS) is 27.8. The SMILES string of the molecule is C[C@@H]1S[C@@H]2[C@H](NC(=O)/C(=N\OC(C)(C)C(=O)O)c3csc(N)n3)C(=O)N2C(C(=O)O)=C1C[N+]12CCC(CN3C(=O)c4cc(O)c(O)cc4C3=O)(CC1)CC2. The van der Waals surface area contributed by atoms with E-state index in [2.05, 4.69) is 15.5 Å². The number of thiazole rings is 1. The van der Waals surface area contributed by atoms with Gasteiger partial charge in [-0.15, -0.1) is 23.1 Å². The van der Waals surface area contributed by atoms with E-state index in [4.69, 9.17) is 10.6 Å². The number of β-lactam (4-membered cyclic amide) rings is 1. The molecule has 0 saturated carbocycles. The van der Waals surface area contributed by atoms with E-state index >= 15 is 0 Å². The number of thioether (sulfide) groups is 1. The Bertz CT molecular complexity index is 2030. The number of carboxylic acids is 2. The summed E-state index contributed by atoms with van der Waals surface area (Å²) >= 11 is 2.35. The van der Waals surface area contributed by atoms with Gasteiger partial charge in [-0.25, -0.2) is 14.6 Å². The molecule has 1 aromatic carbocycles. The van der Waals surface area contributed by atoms with Crippen LogP contribution in [0.25, 0.3) is 0 Å². The number of amides is 4. The zero-order chi connectivity index (χ0) is 39.1. The first-order valence-corrected chi connectivity index (χ1v) is 18.9. The van der Waals surface area contributed by atoms with Gasteiger partial charge in [0.05, 0.1) is 30.8 Å². The van der Waals surface area contributed by atoms with Crippen LogP contribution in [0.4, 0.5) is 5.13 Å². The number of fused-ring (bicyclic) bond motifs is 5. The summed E-state index contributed by atoms with van der Waals surface area (Å²) in [5.41, 5.74) is 3.79. The van der Waals surface area contributed by atoms with Crippen LogP contribution in [0.5, 0.6) is 11.5 Å². The van der Waals surface area contributed by atoms with E-state index in [1.165, 1.54) is 40.8 Å². The minimum Gasteiger partial charge on any atom is -0.504 e. The summed E-state index contributed by atoms with van der Waals surface area (Å²) in [7, 11) is 0. The molecule has 4 fully saturated rings. The van der Waals surface area contributed by atoms with E-state index in [0.29, 0.717) is 55.5 Å². The molecule has 0 aliphatic carbocycles. The number of nitrogens with two attached hydrogens (primary N) is 1. The van der Waals surface area contributed by atoms with Crippen LogP contribution < -0.4 is 11.1 Å². The number of phenolic OH excluding ortho intramolecular Hbond substituents is 2. The number of nitrogens with zero attached hydrogens (tertiary/aromatic N) is 5. The third-order valence-corrected chi connectivity index (χ3v) is 13.3. The van der Waals surface area contributed by atoms with Crippen molar-refractivity contribution < 1.29 is 58.5 Å². The van der Waals surface area contributed by atoms with Crippen molar-refractivity contribution in [1.29, 1.82) is 0 Å². The molecule has 7 heterocycles. The highest BCUT2D eigenvalue weighted by Gasteiger charge is 2.58. The second-order valence-electron chi connectivity index (χ2n) is 14.9. The van der Waals surface area contributed by atoms with Crippen LogP contribution in [0.3, 0.4) is 0 Å². The molecule has 1 aromatic heterocycles. The first-order valence-electron chi connectivity index (χ1n) is 17.1. The molecular weight excluding hydrogens is 747 g/mol. The molecule has 18 nitrogen and oxygen atoms in total. The second-order valence-corrected chi connectivity index (χ2v) is 17.3. The molecule has 0 radical (unpaired) electrons. The Balaban J connectivity index is 1.05. The second kappa shape index (κ2) is 13.0. The highest BCUT2D eigenvalue weighted by molar-refractivity contribution is 8.00. The summed E-state index contributed by atoms with van der Waals surface area (Å²) in [4.78, 5) is 89.5. The zero-order valence-electron chi connectivity index (χ0n) is 29.4. The molecule has 3 atom stereocenters. The van der Waals surface area contributed by atoms with Crippen LogP contribution in [-0.2, 0) is 24.0 Å². The smallest absolute Gasteiger partial charge is 0.352 e. The number of carbonyl (C=O) groups excluding carboxylic acids is 4. The van der Waals surface area contributed by atoms with Crippen LogP contribution in [0.15, 0.2) is 33.9 Å². The number of phenols is 2. The minimum atomic E-state index is -1.80. The van der Waals surface area contributed by atoms with Gasteiger partial charge < -0.3 is 40.8 Å². The first-order chi connectivity index (χ1) is 25.4. The lowest BCUT2D eigenvalue weighted by atomic mass is 9.70. The van der Waals surface area contributed by atoms with Crippen LogP contribution in [0.2, 0.25) is 0 Å². The number of piperidine rings is 3. The molecule has 286 valence electrons. The van der Waals surface area contributed by atoms with E-state index in [0.717, 1.165) is 23.5 Å². The maximum absolute atomic E-state index is 13.6. The summed E-state index contributed by atoms with van der Waals surface area (Å²) in [5.74, 6) is -6.12. The van der Waals surface area contributed by atoms with Gasteiger partial charge in [0, 0.05) is 47.4 Å². The van der Waals surface area contributed by atoms with Crippen molar-refractivity contribution in [3.63, 3.8) is 0 Å². The van der Waals surface area contributed by atoms with Gasteiger partial charge in [-0.1, -0.05) is 5.16 Å². The number of carbonyl (C=O) groups is 6. The standard InChI is InChI=1S/C34H37N7O11S2/c1-15-18(12-41-7-4-34(5-8-41,6-9-41)14-39-26(45)16-10-20(42)21(43)11-17(16)27(39)46)24(30(48)49)40-28(47)23(29(40)54-15)37-25(44)22(19-13-53-32(35)36-19)38-52-33(2,3)31(50)51/h10-11,13,15,23,29H,4-9,12,14H2,1-3H3,(H6-,35,36,37,38,42,43,44,45,46,48,49,50,51)/p+1/t15-,23+,29+,34?,41?/m0/s1. The lowest BCUT2D eigenvalue weighted by molar-refractivity contribution is -0.941. The number of aliphatic carboxylic acids is 2. The summed E-state index contributed by atoms with van der Waals surface area (Å²) in [6, 6.07) is 1.10. The lowest BCUT2D eigenvalue weighted by Gasteiger charge is -2.57. The number of carboxylic acid groups (broad SMARTS) is 2. The number of hydrogen-bond donors (Lipinski definition) is 6. The molecule has 2 aromatic rings. The summed E-state index contributed by atoms with van der Waals surface area (Å²) in [6.07, 6.45) is 2.03. The molecule has 6 aliphatic rings. The Kier molecular flexibility index (Phi) is 8.92. The summed E-state index contributed by atoms with van der Waals surface area (Å²) in [6.45, 7) is 6.91. The van der Waals surface area contributed by atoms with Gasteiger partial charge in [0.2, 0.25) is 5.60 Å². The number of oxime groups is 1. The summed E-state index contributed by atoms with van der Waals surface area (Å²) in [5, 5.41) is 46.5. The molecule has 4 amide bonds. The lowest BCUT2D eigenvalue weighted by Crippen LogP contribution is -2.72. The van der Waals surface area contributed by atoms with E-state index < -0.39 is 69.8 Å². The maximum atomic E-state index is 13.6. The Morgan fingerprint density at radius 2 is 1.67 bits per heavy atom. The topological polar surface area (TPSA) is 262 Å². The van der Waals surface area contributed by atoms with Crippen LogP contribution >= 0.6 is 23.1 Å². The van der Waals surface area contributed by atoms with Crippen LogP contribution in [-0.4, -0.2) is 136 Å². The molecule has 2 bridgehead atoms. The van der Waals surface area contributed by atoms with E-state index in [1.807, 2.05) is 6.92 Å². The van der Waals surface area contributed by atoms with Crippen molar-refractivity contribution in [3.8, 4) is 11.5 Å². The predicted molar refractivity (Wildman–Crippen MR) is 191 cm³/mol. The Hall–Kier alpha value is -5.21. The molecule has 0 spiro atoms. The largest absolute Gasteiger partial charge is 0.504 e. The minimum absolute atomic E-state index is 0.00296. The van der Waals surface area contributed by atoms with Gasteiger partial charge in [0.1, 0.15) is 29.4 Å². The third kappa shape index (κ3) is 6.10. The zero-order valence-corrected chi connectivity index (χ0v) is 31.0. The number of nitrogen functional groups attached to an aromatic ring is 1. The fourth-order valence-electron chi connectivity index (χ4n) is 7.83. The fraction of sp³-hybridized carbons (Fsp3) is 0.471. The molecule has 0 unspecified atom stereocenters. The van der Waals surface area contributed by atoms with Gasteiger partial charge in [0.25, 0.3) is 23.6 Å². The number of aromatic nitrogens is 1. The van der Waals surface area contributed by atoms with E-state index in [9.17, 15) is 49.2 Å². The monoisotopic (exact) mass is 784 g/mol. The van der Waals surface area contributed by atoms with Gasteiger partial charge in [-0.2, -0.15) is 0 Å². The third-order valence-electron chi connectivity index (χ3n) is 11.2. The molecule has 4 saturated heterocycles. The molecule has 8 rings (SSSR count). The van der Waals surface area contributed by atoms with Crippen molar-refractivity contribution in [2.75, 3.05) is 38.5 Å². The maximum Gasteiger partial charge on any atom is 0.352 e. The Morgan fingerprint density at radius 3 is 2.19 bits per heavy atom. The quantitative estimate of drug-likeness (QED) is 0.0467. The van der Waals surface area contributed by atoms with E-state index in [-0.39, 0.29) is 44.9 Å². The molecule has 54 heavy (non-hydrogen) atoms. The average molecular weight is 785 g/mol. The average Bonchev–Trinajstić information content (AvgIpc) is 3.64. The molecule has 20 heteroatoms. The van der Waals surface area contributed by atoms with Gasteiger partial charge >= 0.3 is 11.9 Å². The number of nitrogens with one attached hydrogen (secondary N) is 1. The number of hydrogen-bond acceptors (Lipinski definition) is 14. The van der Waals surface area contributed by atoms with Crippen molar-refractivity contribution >= 4 is 69.5 Å². The van der Waals surface area contributed by atoms with Crippen LogP contribution in [0.1, 0.15) is 66.4 Å². The Labute approximate surface area is 315 Å². The Morgan fingerprint density at radius 1 is 1.07 bits per heavy atom. The first kappa shape index (κ1) is 37.1. The van der Waals surface area contributed by atoms with E-state index in [1.54, 1.807) is 0 Å². The number of benzene rings is 1. The van der Waals surface area contributed by atoms with Crippen molar-refractivity contribution in [2.45, 2.75) is 62.3 Å². The van der Waals surface area contributed by atoms with Crippen molar-refractivity contribution in [1.82, 2.24) is 20.1 Å². The van der Waals surface area contributed by atoms with Crippen molar-refractivity contribution in [3.05, 3.63) is 45.6 Å². The number of aromatic hydroxyl groups is 2. The van der Waals surface area contributed by atoms with Gasteiger partial charge in [-0.3, -0.25) is 29.0 Å². The summed E-state index contributed by atoms with van der Waals surface area (Å²) < 4.78 is 0.582. The van der Waals surface area contributed by atoms with Crippen LogP contribution in [0, 0.1) is 5.41 Å². The van der Waals surface area contributed by atoms with Gasteiger partial charge in [0.15, 0.2) is 22.3 Å². The fourth-order valence-corrected chi connectivity index (χ4v) is 9.82. The highest BCUT2D eigenvalue weighted by atomic mass is 32.2.